The molecule has 0 saturated heterocycles. The van der Waals surface area contributed by atoms with Crippen molar-refractivity contribution in [3.63, 3.8) is 0 Å². The van der Waals surface area contributed by atoms with Crippen molar-refractivity contribution >= 4 is 39.3 Å². The molecule has 5 aromatic rings. The smallest absolute Gasteiger partial charge is 0.323 e. The molecule has 0 fully saturated rings. The predicted octanol–water partition coefficient (Wildman–Crippen LogP) is 5.53. The van der Waals surface area contributed by atoms with Crippen molar-refractivity contribution in [2.75, 3.05) is 17.7 Å². The topological polar surface area (TPSA) is 84.0 Å². The minimum absolute atomic E-state index is 0.0199. The zero-order valence-electron chi connectivity index (χ0n) is 22.1. The van der Waals surface area contributed by atoms with Crippen molar-refractivity contribution in [2.24, 2.45) is 0 Å². The first-order valence-corrected chi connectivity index (χ1v) is 9.94. The quantitative estimate of drug-likeness (QED) is 0.343. The van der Waals surface area contributed by atoms with E-state index >= 15 is 0 Å². The van der Waals surface area contributed by atoms with Crippen LogP contribution in [0, 0.1) is 6.92 Å². The normalized spacial score (nSPS) is 14.2. The maximum absolute atomic E-state index is 12.9. The number of nitrogens with zero attached hydrogens (tertiary/aromatic N) is 2. The first kappa shape index (κ1) is 14.7. The van der Waals surface area contributed by atoms with Gasteiger partial charge in [-0.15, -0.1) is 0 Å². The lowest BCUT2D eigenvalue weighted by Gasteiger charge is -2.13. The van der Waals surface area contributed by atoms with Gasteiger partial charge in [0.15, 0.2) is 0 Å². The van der Waals surface area contributed by atoms with Gasteiger partial charge in [-0.25, -0.2) is 9.78 Å². The van der Waals surface area contributed by atoms with E-state index in [2.05, 4.69) is 20.6 Å². The van der Waals surface area contributed by atoms with E-state index in [0.717, 1.165) is 5.56 Å². The molecule has 5 rings (SSSR count). The fraction of sp³-hybridized carbons (Fsp3) is 0.120. The number of aromatic nitrogens is 3. The van der Waals surface area contributed by atoms with Gasteiger partial charge in [-0.1, -0.05) is 12.1 Å². The van der Waals surface area contributed by atoms with Crippen LogP contribution in [0.4, 0.5) is 16.2 Å². The van der Waals surface area contributed by atoms with Crippen molar-refractivity contribution in [3.05, 3.63) is 84.3 Å². The first-order valence-electron chi connectivity index (χ1n) is 12.4. The van der Waals surface area contributed by atoms with Gasteiger partial charge in [-0.05, 0) is 60.5 Å². The second kappa shape index (κ2) is 8.11. The average Bonchev–Trinajstić information content (AvgIpc) is 3.46. The highest BCUT2D eigenvalue weighted by Gasteiger charge is 2.12. The third-order valence-corrected chi connectivity index (χ3v) is 5.17. The number of nitrogens with one attached hydrogen (secondary N) is 3. The van der Waals surface area contributed by atoms with Crippen molar-refractivity contribution in [2.45, 2.75) is 13.4 Å². The number of hydrogen-bond donors (Lipinski definition) is 3. The van der Waals surface area contributed by atoms with Gasteiger partial charge >= 0.3 is 6.03 Å². The molecule has 3 aromatic heterocycles. The summed E-state index contributed by atoms with van der Waals surface area (Å²) in [4.78, 5) is 20.1. The van der Waals surface area contributed by atoms with Crippen molar-refractivity contribution < 1.29 is 16.4 Å². The van der Waals surface area contributed by atoms with Crippen LogP contribution in [0.25, 0.3) is 21.9 Å². The molecule has 0 bridgehead atoms. The second-order valence-electron chi connectivity index (χ2n) is 7.32. The Morgan fingerprint density at radius 1 is 1.16 bits per heavy atom. The zero-order valence-corrected chi connectivity index (χ0v) is 17.1. The van der Waals surface area contributed by atoms with Crippen LogP contribution in [0.1, 0.15) is 18.0 Å². The number of ether oxygens (including phenoxy) is 1. The van der Waals surface area contributed by atoms with E-state index in [9.17, 15) is 4.79 Å². The molecule has 32 heavy (non-hydrogen) atoms. The van der Waals surface area contributed by atoms with Gasteiger partial charge in [-0.3, -0.25) is 0 Å². The number of anilines is 2. The van der Waals surface area contributed by atoms with Crippen LogP contribution in [0.2, 0.25) is 0 Å². The Kier molecular flexibility index (Phi) is 3.72. The molecule has 0 unspecified atom stereocenters. The van der Waals surface area contributed by atoms with Crippen LogP contribution in [0.5, 0.6) is 5.75 Å². The Morgan fingerprint density at radius 3 is 2.97 bits per heavy atom. The van der Waals surface area contributed by atoms with Crippen molar-refractivity contribution in [1.82, 2.24) is 14.5 Å². The van der Waals surface area contributed by atoms with Gasteiger partial charge in [0.05, 0.1) is 30.8 Å². The number of pyridine rings is 1. The molecule has 160 valence electrons. The summed E-state index contributed by atoms with van der Waals surface area (Å²) in [5, 5.41) is 6.73. The van der Waals surface area contributed by atoms with Crippen LogP contribution in [-0.2, 0) is 6.50 Å². The van der Waals surface area contributed by atoms with E-state index in [4.69, 9.17) is 11.6 Å². The number of methoxy groups -OCH3 is 1. The highest BCUT2D eigenvalue weighted by atomic mass is 16.5. The standard InChI is InChI=1S/C25H23N5O2/c1-16-8-9-23(32-2)21(13-16)29-25(31)28-20-6-3-7-22-19(20)10-12-30(22)15-17-14-27-24-18(17)5-4-11-26-24/h3-14H,15H2,1-2H3,(H,26,27)(H2,28,29,31)/i2D3,15D2. The number of urea groups is 1. The second-order valence-corrected chi connectivity index (χ2v) is 7.32. The molecule has 0 saturated carbocycles. The molecule has 2 aromatic carbocycles. The number of carbonyl (C=O) groups is 1. The Balaban J connectivity index is 1.44. The summed E-state index contributed by atoms with van der Waals surface area (Å²) in [5.74, 6) is 0.0199. The SMILES string of the molecule is [2H]C([2H])([2H])Oc1ccc(C)cc1NC(=O)Nc1cccc2c1ccn2C([2H])([2H])c1c[nH]c2ncccc12. The third-order valence-electron chi connectivity index (χ3n) is 5.17. The minimum atomic E-state index is -2.67. The maximum atomic E-state index is 12.9. The molecule has 3 N–H and O–H groups in total. The number of amides is 2. The van der Waals surface area contributed by atoms with Gasteiger partial charge in [-0.2, -0.15) is 0 Å². The number of aryl methyl sites for hydroxylation is 1. The van der Waals surface area contributed by atoms with Gasteiger partial charge in [0.25, 0.3) is 0 Å². The van der Waals surface area contributed by atoms with E-state index in [1.807, 2.05) is 13.0 Å². The Morgan fingerprint density at radius 2 is 2.06 bits per heavy atom. The molecule has 0 aliphatic rings. The maximum Gasteiger partial charge on any atom is 0.323 e. The highest BCUT2D eigenvalue weighted by Crippen LogP contribution is 2.28. The van der Waals surface area contributed by atoms with Crippen molar-refractivity contribution in [1.29, 1.82) is 0 Å². The molecule has 2 amide bonds. The Bertz CT molecular complexity index is 1620. The molecular weight excluding hydrogens is 402 g/mol. The van der Waals surface area contributed by atoms with E-state index in [1.54, 1.807) is 61.1 Å². The summed E-state index contributed by atoms with van der Waals surface area (Å²) >= 11 is 0. The minimum Gasteiger partial charge on any atom is -0.495 e. The van der Waals surface area contributed by atoms with E-state index in [0.29, 0.717) is 33.2 Å². The van der Waals surface area contributed by atoms with Gasteiger partial charge in [0.1, 0.15) is 11.4 Å². The summed E-state index contributed by atoms with van der Waals surface area (Å²) in [7, 11) is -2.67. The monoisotopic (exact) mass is 430 g/mol. The number of fused-ring (bicyclic) bond motifs is 2. The van der Waals surface area contributed by atoms with Crippen LogP contribution < -0.4 is 15.4 Å². The summed E-state index contributed by atoms with van der Waals surface area (Å²) in [5.41, 5.74) is 3.07. The predicted molar refractivity (Wildman–Crippen MR) is 128 cm³/mol. The lowest BCUT2D eigenvalue weighted by atomic mass is 10.2. The number of rotatable bonds is 5. The zero-order chi connectivity index (χ0) is 26.4. The number of benzene rings is 2. The summed E-state index contributed by atoms with van der Waals surface area (Å²) in [6.45, 7) is -0.101. The molecule has 0 radical (unpaired) electrons. The average molecular weight is 431 g/mol. The van der Waals surface area contributed by atoms with Crippen LogP contribution in [-0.4, -0.2) is 27.6 Å². The molecule has 0 aliphatic heterocycles. The van der Waals surface area contributed by atoms with Crippen LogP contribution in [0.15, 0.2) is 73.2 Å². The Labute approximate surface area is 192 Å². The summed E-state index contributed by atoms with van der Waals surface area (Å²) < 4.78 is 46.4. The lowest BCUT2D eigenvalue weighted by Crippen LogP contribution is -2.20. The molecular formula is C25H23N5O2. The lowest BCUT2D eigenvalue weighted by molar-refractivity contribution is 0.262. The Hall–Kier alpha value is -4.26. The van der Waals surface area contributed by atoms with E-state index in [1.165, 1.54) is 10.6 Å². The highest BCUT2D eigenvalue weighted by molar-refractivity contribution is 6.06. The summed E-state index contributed by atoms with van der Waals surface area (Å²) in [6, 6.07) is 14.7. The summed E-state index contributed by atoms with van der Waals surface area (Å²) in [6.07, 6.45) is 4.88. The van der Waals surface area contributed by atoms with Gasteiger partial charge in [0, 0.05) is 35.9 Å². The number of H-pyrrole nitrogens is 1. The number of aromatic amines is 1. The largest absolute Gasteiger partial charge is 0.495 e. The van der Waals surface area contributed by atoms with Gasteiger partial charge < -0.3 is 24.9 Å². The number of hydrogen-bond acceptors (Lipinski definition) is 3. The molecule has 0 atom stereocenters. The fourth-order valence-electron chi connectivity index (χ4n) is 3.66. The van der Waals surface area contributed by atoms with Crippen molar-refractivity contribution in [3.8, 4) is 5.75 Å². The van der Waals surface area contributed by atoms with Crippen LogP contribution in [0.3, 0.4) is 0 Å². The van der Waals surface area contributed by atoms with E-state index in [-0.39, 0.29) is 11.4 Å². The molecule has 3 heterocycles. The molecule has 0 spiro atoms. The molecule has 0 aliphatic carbocycles. The van der Waals surface area contributed by atoms with E-state index < -0.39 is 19.6 Å². The third kappa shape index (κ3) is 3.65. The first-order chi connectivity index (χ1) is 17.5. The molecule has 7 nitrogen and oxygen atoms in total. The van der Waals surface area contributed by atoms with Gasteiger partial charge in [0.2, 0.25) is 0 Å². The van der Waals surface area contributed by atoms with Crippen LogP contribution >= 0.6 is 0 Å². The molecule has 7 heteroatoms. The number of carbonyl (C=O) groups excluding carboxylic acids is 1. The fourth-order valence-corrected chi connectivity index (χ4v) is 3.66.